The fourth-order valence-electron chi connectivity index (χ4n) is 2.80. The van der Waals surface area contributed by atoms with Crippen molar-refractivity contribution in [2.45, 2.75) is 19.0 Å². The molecule has 0 saturated carbocycles. The van der Waals surface area contributed by atoms with Gasteiger partial charge in [-0.3, -0.25) is 0 Å². The van der Waals surface area contributed by atoms with Gasteiger partial charge in [-0.25, -0.2) is 15.0 Å². The van der Waals surface area contributed by atoms with E-state index < -0.39 is 11.9 Å². The fourth-order valence-corrected chi connectivity index (χ4v) is 2.80. The van der Waals surface area contributed by atoms with E-state index in [2.05, 4.69) is 15.0 Å². The first-order chi connectivity index (χ1) is 12.5. The number of hydrogen-bond donors (Lipinski definition) is 0. The summed E-state index contributed by atoms with van der Waals surface area (Å²) in [6.45, 7) is 1.45. The van der Waals surface area contributed by atoms with Crippen LogP contribution in [0.15, 0.2) is 30.6 Å². The molecule has 0 radical (unpaired) electrons. The van der Waals surface area contributed by atoms with Crippen LogP contribution in [0.25, 0.3) is 0 Å². The van der Waals surface area contributed by atoms with Crippen molar-refractivity contribution in [2.75, 3.05) is 24.6 Å². The zero-order chi connectivity index (χ0) is 18.6. The molecule has 0 N–H and O–H groups in total. The third-order valence-electron chi connectivity index (χ3n) is 4.07. The largest absolute Gasteiger partial charge is 0.477 e. The molecule has 2 aromatic rings. The molecule has 26 heavy (non-hydrogen) atoms. The molecule has 1 atom stereocenters. The third-order valence-corrected chi connectivity index (χ3v) is 4.07. The average Bonchev–Trinajstić information content (AvgIpc) is 2.66. The maximum atomic E-state index is 12.8. The van der Waals surface area contributed by atoms with Crippen LogP contribution >= 0.6 is 0 Å². The first-order valence-electron chi connectivity index (χ1n) is 8.10. The summed E-state index contributed by atoms with van der Waals surface area (Å²) >= 11 is 0. The van der Waals surface area contributed by atoms with Crippen LogP contribution in [0.3, 0.4) is 0 Å². The molecule has 1 aliphatic heterocycles. The van der Waals surface area contributed by atoms with Crippen molar-refractivity contribution in [1.82, 2.24) is 15.0 Å². The molecule has 9 heteroatoms. The Morgan fingerprint density at radius 2 is 2.08 bits per heavy atom. The number of nitrogens with zero attached hydrogens (tertiary/aromatic N) is 5. The Hall–Kier alpha value is -2.89. The Balaban J connectivity index is 1.63. The number of alkyl halides is 3. The first-order valence-corrected chi connectivity index (χ1v) is 8.10. The summed E-state index contributed by atoms with van der Waals surface area (Å²) in [5.74, 6) is 0.542. The number of rotatable bonds is 4. The average molecular weight is 363 g/mol. The van der Waals surface area contributed by atoms with Gasteiger partial charge >= 0.3 is 6.18 Å². The molecule has 0 bridgehead atoms. The molecule has 1 saturated heterocycles. The standard InChI is InChI=1S/C17H16F3N5O/c18-17(19,20)14-4-6-23-16(24-14)25-7-1-2-13(10-25)11-26-15-8-12(9-21)3-5-22-15/h3-6,8,13H,1-2,7,10-11H2. The van der Waals surface area contributed by atoms with Gasteiger partial charge in [0.25, 0.3) is 0 Å². The quantitative estimate of drug-likeness (QED) is 0.831. The minimum atomic E-state index is -4.49. The van der Waals surface area contributed by atoms with Gasteiger partial charge in [0, 0.05) is 37.5 Å². The first kappa shape index (κ1) is 17.9. The summed E-state index contributed by atoms with van der Waals surface area (Å²) in [5, 5.41) is 8.89. The van der Waals surface area contributed by atoms with Crippen LogP contribution in [-0.4, -0.2) is 34.6 Å². The van der Waals surface area contributed by atoms with E-state index >= 15 is 0 Å². The SMILES string of the molecule is N#Cc1ccnc(OCC2CCCN(c3nccc(C(F)(F)F)n3)C2)c1. The summed E-state index contributed by atoms with van der Waals surface area (Å²) < 4.78 is 44.1. The Morgan fingerprint density at radius 1 is 1.27 bits per heavy atom. The number of hydrogen-bond acceptors (Lipinski definition) is 6. The second-order valence-electron chi connectivity index (χ2n) is 6.00. The number of halogens is 3. The Kier molecular flexibility index (Phi) is 5.21. The van der Waals surface area contributed by atoms with Crippen LogP contribution in [0, 0.1) is 17.2 Å². The van der Waals surface area contributed by atoms with Crippen LogP contribution in [0.4, 0.5) is 19.1 Å². The van der Waals surface area contributed by atoms with Crippen molar-refractivity contribution in [3.05, 3.63) is 41.9 Å². The molecule has 0 amide bonds. The van der Waals surface area contributed by atoms with Gasteiger partial charge in [0.1, 0.15) is 5.69 Å². The van der Waals surface area contributed by atoms with E-state index in [9.17, 15) is 13.2 Å². The van der Waals surface area contributed by atoms with Crippen molar-refractivity contribution in [3.63, 3.8) is 0 Å². The topological polar surface area (TPSA) is 74.9 Å². The minimum Gasteiger partial charge on any atom is -0.477 e. The van der Waals surface area contributed by atoms with Gasteiger partial charge in [0.2, 0.25) is 11.8 Å². The molecule has 1 aliphatic rings. The van der Waals surface area contributed by atoms with Crippen LogP contribution in [-0.2, 0) is 6.18 Å². The highest BCUT2D eigenvalue weighted by Crippen LogP contribution is 2.29. The van der Waals surface area contributed by atoms with Crippen molar-refractivity contribution < 1.29 is 17.9 Å². The Morgan fingerprint density at radius 3 is 2.85 bits per heavy atom. The van der Waals surface area contributed by atoms with Gasteiger partial charge in [-0.15, -0.1) is 0 Å². The number of nitriles is 1. The molecule has 1 unspecified atom stereocenters. The number of pyridine rings is 1. The van der Waals surface area contributed by atoms with E-state index in [1.165, 1.54) is 6.20 Å². The molecule has 136 valence electrons. The van der Waals surface area contributed by atoms with Gasteiger partial charge in [-0.2, -0.15) is 18.4 Å². The minimum absolute atomic E-state index is 0.0779. The van der Waals surface area contributed by atoms with E-state index in [1.807, 2.05) is 6.07 Å². The van der Waals surface area contributed by atoms with Gasteiger partial charge in [0.05, 0.1) is 18.2 Å². The maximum Gasteiger partial charge on any atom is 0.433 e. The lowest BCUT2D eigenvalue weighted by Gasteiger charge is -2.32. The molecule has 3 heterocycles. The van der Waals surface area contributed by atoms with E-state index in [1.54, 1.807) is 17.0 Å². The van der Waals surface area contributed by atoms with Gasteiger partial charge in [0.15, 0.2) is 0 Å². The molecule has 0 spiro atoms. The summed E-state index contributed by atoms with van der Waals surface area (Å²) in [6.07, 6.45) is -0.180. The molecular formula is C17H16F3N5O. The summed E-state index contributed by atoms with van der Waals surface area (Å²) in [4.78, 5) is 13.4. The summed E-state index contributed by atoms with van der Waals surface area (Å²) in [5.41, 5.74) is -0.490. The lowest BCUT2D eigenvalue weighted by Crippen LogP contribution is -2.39. The highest BCUT2D eigenvalue weighted by Gasteiger charge is 2.33. The monoisotopic (exact) mass is 363 g/mol. The van der Waals surface area contributed by atoms with E-state index in [-0.39, 0.29) is 11.9 Å². The predicted octanol–water partition coefficient (Wildman–Crippen LogP) is 3.06. The second-order valence-corrected chi connectivity index (χ2v) is 6.00. The van der Waals surface area contributed by atoms with Crippen LogP contribution < -0.4 is 9.64 Å². The molecule has 0 aliphatic carbocycles. The van der Waals surface area contributed by atoms with Gasteiger partial charge < -0.3 is 9.64 Å². The predicted molar refractivity (Wildman–Crippen MR) is 86.4 cm³/mol. The lowest BCUT2D eigenvalue weighted by molar-refractivity contribution is -0.141. The van der Waals surface area contributed by atoms with E-state index in [4.69, 9.17) is 10.00 Å². The van der Waals surface area contributed by atoms with E-state index in [0.29, 0.717) is 31.1 Å². The second kappa shape index (κ2) is 7.56. The fraction of sp³-hybridized carbons (Fsp3) is 0.412. The molecule has 2 aromatic heterocycles. The van der Waals surface area contributed by atoms with Crippen molar-refractivity contribution in [3.8, 4) is 11.9 Å². The molecule has 0 aromatic carbocycles. The van der Waals surface area contributed by atoms with Gasteiger partial charge in [-0.1, -0.05) is 0 Å². The number of piperidine rings is 1. The maximum absolute atomic E-state index is 12.8. The zero-order valence-electron chi connectivity index (χ0n) is 13.8. The van der Waals surface area contributed by atoms with Crippen LogP contribution in [0.2, 0.25) is 0 Å². The highest BCUT2D eigenvalue weighted by molar-refractivity contribution is 5.32. The number of ether oxygens (including phenoxy) is 1. The zero-order valence-corrected chi connectivity index (χ0v) is 13.8. The molecule has 1 fully saturated rings. The van der Waals surface area contributed by atoms with Crippen molar-refractivity contribution in [1.29, 1.82) is 5.26 Å². The molecule has 3 rings (SSSR count). The number of aromatic nitrogens is 3. The lowest BCUT2D eigenvalue weighted by atomic mass is 9.99. The molecule has 6 nitrogen and oxygen atoms in total. The summed E-state index contributed by atoms with van der Waals surface area (Å²) in [6, 6.07) is 6.01. The van der Waals surface area contributed by atoms with Crippen LogP contribution in [0.5, 0.6) is 5.88 Å². The molecular weight excluding hydrogens is 347 g/mol. The van der Waals surface area contributed by atoms with Crippen molar-refractivity contribution in [2.24, 2.45) is 5.92 Å². The van der Waals surface area contributed by atoms with Gasteiger partial charge in [-0.05, 0) is 25.0 Å². The van der Waals surface area contributed by atoms with E-state index in [0.717, 1.165) is 25.1 Å². The smallest absolute Gasteiger partial charge is 0.433 e. The Labute approximate surface area is 148 Å². The summed E-state index contributed by atoms with van der Waals surface area (Å²) in [7, 11) is 0. The Bertz CT molecular complexity index is 805. The number of anilines is 1. The third kappa shape index (κ3) is 4.39. The van der Waals surface area contributed by atoms with Crippen molar-refractivity contribution >= 4 is 5.95 Å². The normalized spacial score (nSPS) is 17.6. The van der Waals surface area contributed by atoms with Crippen LogP contribution in [0.1, 0.15) is 24.1 Å². The highest BCUT2D eigenvalue weighted by atomic mass is 19.4.